The molecule has 1 aromatic heterocycles. The van der Waals surface area contributed by atoms with Gasteiger partial charge in [-0.05, 0) is 58.1 Å². The van der Waals surface area contributed by atoms with Gasteiger partial charge < -0.3 is 15.6 Å². The standard InChI is InChI=1S/C21H28BFN6O2/c1-13-5-4-6-17(23)18(13)28-12-14-11-25-20(24)26-19(14)29(21(28)30)16-9-7-15(8-10-16)27(3)22(2)31/h4-6,11,15-16,31H,7-10,12H2,1-3H3,(H2,24,25,26). The van der Waals surface area contributed by atoms with Crippen LogP contribution in [0.2, 0.25) is 6.82 Å². The van der Waals surface area contributed by atoms with Crippen LogP contribution in [0.5, 0.6) is 0 Å². The molecule has 2 heterocycles. The van der Waals surface area contributed by atoms with Crippen LogP contribution in [0.25, 0.3) is 0 Å². The number of hydrogen-bond acceptors (Lipinski definition) is 6. The molecule has 0 bridgehead atoms. The fourth-order valence-electron chi connectivity index (χ4n) is 4.69. The Morgan fingerprint density at radius 2 is 2.00 bits per heavy atom. The lowest BCUT2D eigenvalue weighted by Gasteiger charge is -2.44. The summed E-state index contributed by atoms with van der Waals surface area (Å²) < 4.78 is 14.7. The smallest absolute Gasteiger partial charge is 0.376 e. The number of nitrogens with two attached hydrogens (primary N) is 1. The van der Waals surface area contributed by atoms with Crippen LogP contribution in [0.4, 0.5) is 26.6 Å². The predicted octanol–water partition coefficient (Wildman–Crippen LogP) is 2.81. The summed E-state index contributed by atoms with van der Waals surface area (Å²) in [4.78, 5) is 27.2. The molecule has 1 saturated carbocycles. The SMILES string of the molecule is CB(O)N(C)C1CCC(N2C(=O)N(c3c(C)cccc3F)Cc3cnc(N)nc32)CC1. The molecule has 2 amide bonds. The Morgan fingerprint density at radius 1 is 1.29 bits per heavy atom. The lowest BCUT2D eigenvalue weighted by molar-refractivity contribution is 0.227. The van der Waals surface area contributed by atoms with Gasteiger partial charge in [0.15, 0.2) is 0 Å². The van der Waals surface area contributed by atoms with Gasteiger partial charge >= 0.3 is 13.1 Å². The van der Waals surface area contributed by atoms with E-state index in [0.717, 1.165) is 31.2 Å². The lowest BCUT2D eigenvalue weighted by atomic mass is 9.79. The van der Waals surface area contributed by atoms with Crippen LogP contribution in [0.1, 0.15) is 36.8 Å². The zero-order valence-corrected chi connectivity index (χ0v) is 18.1. The van der Waals surface area contributed by atoms with Gasteiger partial charge in [-0.15, -0.1) is 0 Å². The molecule has 1 fully saturated rings. The van der Waals surface area contributed by atoms with E-state index in [1.165, 1.54) is 11.0 Å². The van der Waals surface area contributed by atoms with E-state index in [2.05, 4.69) is 9.97 Å². The van der Waals surface area contributed by atoms with Crippen molar-refractivity contribution in [3.05, 3.63) is 41.3 Å². The minimum absolute atomic E-state index is 0.0888. The summed E-state index contributed by atoms with van der Waals surface area (Å²) in [5.74, 6) is 0.181. The third-order valence-corrected chi connectivity index (χ3v) is 6.51. The van der Waals surface area contributed by atoms with Gasteiger partial charge in [-0.3, -0.25) is 9.80 Å². The minimum Gasteiger partial charge on any atom is -0.437 e. The molecule has 164 valence electrons. The van der Waals surface area contributed by atoms with Gasteiger partial charge in [0, 0.05) is 23.8 Å². The molecular formula is C21H28BFN6O2. The molecule has 8 nitrogen and oxygen atoms in total. The van der Waals surface area contributed by atoms with Gasteiger partial charge in [-0.1, -0.05) is 12.1 Å². The number of nitrogen functional groups attached to an aromatic ring is 1. The molecule has 2 aromatic rings. The second kappa shape index (κ2) is 8.43. The van der Waals surface area contributed by atoms with Crippen LogP contribution in [-0.4, -0.2) is 52.0 Å². The third kappa shape index (κ3) is 3.97. The van der Waals surface area contributed by atoms with Crippen molar-refractivity contribution in [2.24, 2.45) is 0 Å². The lowest BCUT2D eigenvalue weighted by Crippen LogP contribution is -2.55. The first-order chi connectivity index (χ1) is 14.8. The summed E-state index contributed by atoms with van der Waals surface area (Å²) in [5.41, 5.74) is 7.55. The molecule has 0 radical (unpaired) electrons. The van der Waals surface area contributed by atoms with Crippen LogP contribution < -0.4 is 15.5 Å². The third-order valence-electron chi connectivity index (χ3n) is 6.51. The highest BCUT2D eigenvalue weighted by Crippen LogP contribution is 2.37. The predicted molar refractivity (Wildman–Crippen MR) is 119 cm³/mol. The number of aromatic nitrogens is 2. The van der Waals surface area contributed by atoms with Crippen LogP contribution in [0.3, 0.4) is 0 Å². The Morgan fingerprint density at radius 3 is 2.65 bits per heavy atom. The number of anilines is 3. The van der Waals surface area contributed by atoms with Crippen molar-refractivity contribution >= 4 is 30.5 Å². The maximum Gasteiger partial charge on any atom is 0.376 e. The van der Waals surface area contributed by atoms with Gasteiger partial charge in [0.1, 0.15) is 11.6 Å². The van der Waals surface area contributed by atoms with Gasteiger partial charge in [0.25, 0.3) is 0 Å². The first-order valence-corrected chi connectivity index (χ1v) is 10.6. The number of halogens is 1. The second-order valence-corrected chi connectivity index (χ2v) is 8.48. The second-order valence-electron chi connectivity index (χ2n) is 8.48. The van der Waals surface area contributed by atoms with Crippen LogP contribution in [-0.2, 0) is 6.54 Å². The number of benzene rings is 1. The number of para-hydroxylation sites is 1. The van der Waals surface area contributed by atoms with Crippen molar-refractivity contribution in [1.29, 1.82) is 0 Å². The quantitative estimate of drug-likeness (QED) is 0.730. The van der Waals surface area contributed by atoms with E-state index in [1.54, 1.807) is 37.0 Å². The molecule has 31 heavy (non-hydrogen) atoms. The Labute approximate surface area is 182 Å². The molecule has 0 saturated heterocycles. The van der Waals surface area contributed by atoms with Crippen LogP contribution in [0.15, 0.2) is 24.4 Å². The van der Waals surface area contributed by atoms with E-state index in [0.29, 0.717) is 11.4 Å². The highest BCUT2D eigenvalue weighted by Gasteiger charge is 2.40. The highest BCUT2D eigenvalue weighted by atomic mass is 19.1. The number of urea groups is 1. The monoisotopic (exact) mass is 426 g/mol. The Balaban J connectivity index is 1.68. The summed E-state index contributed by atoms with van der Waals surface area (Å²) in [6, 6.07) is 4.66. The largest absolute Gasteiger partial charge is 0.437 e. The molecule has 10 heteroatoms. The number of hydrogen-bond donors (Lipinski definition) is 2. The number of nitrogens with zero attached hydrogens (tertiary/aromatic N) is 5. The van der Waals surface area contributed by atoms with Crippen molar-refractivity contribution in [2.75, 3.05) is 22.6 Å². The van der Waals surface area contributed by atoms with E-state index in [1.807, 2.05) is 11.9 Å². The first kappa shape index (κ1) is 21.5. The number of aryl methyl sites for hydroxylation is 1. The molecule has 0 unspecified atom stereocenters. The topological polar surface area (TPSA) is 98.8 Å². The van der Waals surface area contributed by atoms with Crippen molar-refractivity contribution in [3.8, 4) is 0 Å². The number of carbonyl (C=O) groups excluding carboxylic acids is 1. The maximum atomic E-state index is 14.7. The molecule has 1 aromatic carbocycles. The summed E-state index contributed by atoms with van der Waals surface area (Å²) in [7, 11) is 1.39. The van der Waals surface area contributed by atoms with Gasteiger partial charge in [-0.2, -0.15) is 4.98 Å². The molecule has 3 N–H and O–H groups in total. The molecular weight excluding hydrogens is 398 g/mol. The van der Waals surface area contributed by atoms with Crippen molar-refractivity contribution in [3.63, 3.8) is 0 Å². The molecule has 0 spiro atoms. The molecule has 2 aliphatic rings. The average Bonchev–Trinajstić information content (AvgIpc) is 2.74. The number of fused-ring (bicyclic) bond motifs is 1. The number of rotatable bonds is 4. The van der Waals surface area contributed by atoms with Crippen LogP contribution in [0, 0.1) is 12.7 Å². The zero-order chi connectivity index (χ0) is 22.3. The average molecular weight is 426 g/mol. The summed E-state index contributed by atoms with van der Waals surface area (Å²) >= 11 is 0. The fraction of sp³-hybridized carbons (Fsp3) is 0.476. The highest BCUT2D eigenvalue weighted by molar-refractivity contribution is 6.45. The van der Waals surface area contributed by atoms with Crippen molar-refractivity contribution < 1.29 is 14.2 Å². The van der Waals surface area contributed by atoms with Gasteiger partial charge in [-0.25, -0.2) is 14.2 Å². The summed E-state index contributed by atoms with van der Waals surface area (Å²) in [6.07, 6.45) is 4.80. The minimum atomic E-state index is -0.522. The summed E-state index contributed by atoms with van der Waals surface area (Å²) in [5, 5.41) is 9.89. The van der Waals surface area contributed by atoms with Crippen molar-refractivity contribution in [2.45, 2.75) is 58.1 Å². The van der Waals surface area contributed by atoms with Crippen LogP contribution >= 0.6 is 0 Å². The molecule has 1 aliphatic heterocycles. The molecule has 0 atom stereocenters. The summed E-state index contributed by atoms with van der Waals surface area (Å²) in [6.45, 7) is 3.74. The van der Waals surface area contributed by atoms with E-state index < -0.39 is 12.9 Å². The van der Waals surface area contributed by atoms with Gasteiger partial charge in [0.2, 0.25) is 5.95 Å². The zero-order valence-electron chi connectivity index (χ0n) is 18.1. The Hall–Kier alpha value is -2.72. The number of carbonyl (C=O) groups is 1. The Kier molecular flexibility index (Phi) is 5.85. The van der Waals surface area contributed by atoms with Gasteiger partial charge in [0.05, 0.1) is 12.2 Å². The maximum absolute atomic E-state index is 14.7. The fourth-order valence-corrected chi connectivity index (χ4v) is 4.69. The Bertz CT molecular complexity index is 962. The number of amides is 2. The first-order valence-electron chi connectivity index (χ1n) is 10.6. The molecule has 4 rings (SSSR count). The van der Waals surface area contributed by atoms with E-state index in [9.17, 15) is 14.2 Å². The van der Waals surface area contributed by atoms with E-state index >= 15 is 0 Å². The van der Waals surface area contributed by atoms with E-state index in [4.69, 9.17) is 5.73 Å². The normalized spacial score (nSPS) is 21.4. The molecule has 1 aliphatic carbocycles. The van der Waals surface area contributed by atoms with E-state index in [-0.39, 0.29) is 36.3 Å². The van der Waals surface area contributed by atoms with Crippen molar-refractivity contribution in [1.82, 2.24) is 14.8 Å².